The largest absolute Gasteiger partial charge is 0.390 e. The molecule has 10 heavy (non-hydrogen) atoms. The second kappa shape index (κ2) is 2.72. The van der Waals surface area contributed by atoms with E-state index in [9.17, 15) is 4.79 Å². The summed E-state index contributed by atoms with van der Waals surface area (Å²) in [5, 5.41) is 0.658. The van der Waals surface area contributed by atoms with Crippen LogP contribution in [0.1, 0.15) is 16.6 Å². The molecule has 0 aliphatic rings. The molecular formula is C6H6BrNOS. The minimum atomic E-state index is 0.0578. The van der Waals surface area contributed by atoms with E-state index in [1.54, 1.807) is 6.07 Å². The van der Waals surface area contributed by atoms with E-state index < -0.39 is 0 Å². The molecule has 1 aromatic rings. The maximum Gasteiger partial charge on any atom is 0.169 e. The van der Waals surface area contributed by atoms with Gasteiger partial charge in [-0.3, -0.25) is 4.79 Å². The Kier molecular flexibility index (Phi) is 2.11. The zero-order valence-electron chi connectivity index (χ0n) is 5.35. The molecule has 0 atom stereocenters. The van der Waals surface area contributed by atoms with Gasteiger partial charge in [0, 0.05) is 0 Å². The number of carbonyl (C=O) groups is 1. The maximum absolute atomic E-state index is 10.7. The quantitative estimate of drug-likeness (QED) is 0.738. The van der Waals surface area contributed by atoms with Crippen LogP contribution in [-0.2, 0) is 0 Å². The van der Waals surface area contributed by atoms with Crippen molar-refractivity contribution in [2.24, 2.45) is 0 Å². The summed E-state index contributed by atoms with van der Waals surface area (Å²) in [7, 11) is 0. The zero-order valence-corrected chi connectivity index (χ0v) is 7.75. The highest BCUT2D eigenvalue weighted by atomic mass is 79.9. The molecule has 4 heteroatoms. The van der Waals surface area contributed by atoms with E-state index in [4.69, 9.17) is 5.73 Å². The zero-order chi connectivity index (χ0) is 7.72. The fourth-order valence-corrected chi connectivity index (χ4v) is 1.89. The summed E-state index contributed by atoms with van der Waals surface area (Å²) < 4.78 is 0.808. The lowest BCUT2D eigenvalue weighted by atomic mass is 10.4. The molecule has 0 aromatic carbocycles. The molecule has 0 saturated carbocycles. The van der Waals surface area contributed by atoms with Gasteiger partial charge in [0.05, 0.1) is 9.35 Å². The first-order valence-electron chi connectivity index (χ1n) is 2.67. The molecule has 54 valence electrons. The van der Waals surface area contributed by atoms with Gasteiger partial charge in [0.25, 0.3) is 0 Å². The molecule has 1 heterocycles. The van der Waals surface area contributed by atoms with Gasteiger partial charge in [-0.25, -0.2) is 0 Å². The summed E-state index contributed by atoms with van der Waals surface area (Å²) in [6.45, 7) is 1.53. The monoisotopic (exact) mass is 219 g/mol. The summed E-state index contributed by atoms with van der Waals surface area (Å²) in [6, 6.07) is 1.74. The van der Waals surface area contributed by atoms with Crippen LogP contribution in [0.15, 0.2) is 10.5 Å². The molecule has 0 bridgehead atoms. The summed E-state index contributed by atoms with van der Waals surface area (Å²) in [4.78, 5) is 11.4. The van der Waals surface area contributed by atoms with E-state index in [1.807, 2.05) is 0 Å². The van der Waals surface area contributed by atoms with Gasteiger partial charge in [-0.2, -0.15) is 0 Å². The number of rotatable bonds is 1. The predicted octanol–water partition coefficient (Wildman–Crippen LogP) is 2.30. The maximum atomic E-state index is 10.7. The third-order valence-corrected chi connectivity index (χ3v) is 3.04. The molecule has 2 nitrogen and oxygen atoms in total. The summed E-state index contributed by atoms with van der Waals surface area (Å²) >= 11 is 4.52. The van der Waals surface area contributed by atoms with Crippen LogP contribution in [0.2, 0.25) is 0 Å². The minimum Gasteiger partial charge on any atom is -0.390 e. The number of halogens is 1. The fourth-order valence-electron chi connectivity index (χ4n) is 0.556. The van der Waals surface area contributed by atoms with E-state index in [1.165, 1.54) is 18.3 Å². The Labute approximate surface area is 71.2 Å². The van der Waals surface area contributed by atoms with E-state index in [-0.39, 0.29) is 5.78 Å². The van der Waals surface area contributed by atoms with Gasteiger partial charge in [-0.15, -0.1) is 11.3 Å². The lowest BCUT2D eigenvalue weighted by Crippen LogP contribution is -1.83. The Morgan fingerprint density at radius 2 is 2.40 bits per heavy atom. The number of hydrogen-bond acceptors (Lipinski definition) is 3. The molecule has 1 rings (SSSR count). The Morgan fingerprint density at radius 3 is 2.60 bits per heavy atom. The van der Waals surface area contributed by atoms with Crippen molar-refractivity contribution >= 4 is 38.1 Å². The number of nitrogen functional groups attached to an aromatic ring is 1. The average molecular weight is 220 g/mol. The molecular weight excluding hydrogens is 214 g/mol. The van der Waals surface area contributed by atoms with Crippen LogP contribution in [0.25, 0.3) is 0 Å². The second-order valence-electron chi connectivity index (χ2n) is 1.88. The average Bonchev–Trinajstić information content (AvgIpc) is 2.13. The van der Waals surface area contributed by atoms with Crippen LogP contribution >= 0.6 is 27.3 Å². The highest BCUT2D eigenvalue weighted by Gasteiger charge is 2.05. The number of nitrogens with two attached hydrogens (primary N) is 1. The van der Waals surface area contributed by atoms with Crippen molar-refractivity contribution in [1.29, 1.82) is 0 Å². The molecule has 0 unspecified atom stereocenters. The summed E-state index contributed by atoms with van der Waals surface area (Å²) in [5.74, 6) is 0.0578. The van der Waals surface area contributed by atoms with E-state index in [2.05, 4.69) is 15.9 Å². The van der Waals surface area contributed by atoms with E-state index in [0.29, 0.717) is 9.88 Å². The Morgan fingerprint density at radius 1 is 1.80 bits per heavy atom. The minimum absolute atomic E-state index is 0.0578. The number of anilines is 1. The molecule has 0 spiro atoms. The highest BCUT2D eigenvalue weighted by molar-refractivity contribution is 9.10. The third kappa shape index (κ3) is 1.38. The van der Waals surface area contributed by atoms with Crippen LogP contribution in [-0.4, -0.2) is 5.78 Å². The van der Waals surface area contributed by atoms with Crippen LogP contribution in [0.3, 0.4) is 0 Å². The summed E-state index contributed by atoms with van der Waals surface area (Å²) in [6.07, 6.45) is 0. The van der Waals surface area contributed by atoms with Crippen LogP contribution < -0.4 is 5.73 Å². The van der Waals surface area contributed by atoms with Crippen molar-refractivity contribution in [2.75, 3.05) is 5.73 Å². The first-order chi connectivity index (χ1) is 4.61. The van der Waals surface area contributed by atoms with Crippen LogP contribution in [0.4, 0.5) is 5.00 Å². The number of carbonyl (C=O) groups excluding carboxylic acids is 1. The lowest BCUT2D eigenvalue weighted by molar-refractivity contribution is 0.102. The van der Waals surface area contributed by atoms with Gasteiger partial charge in [0.15, 0.2) is 5.78 Å². The molecule has 2 N–H and O–H groups in total. The van der Waals surface area contributed by atoms with Crippen molar-refractivity contribution in [3.63, 3.8) is 0 Å². The molecule has 1 aromatic heterocycles. The molecule has 0 aliphatic carbocycles. The molecule has 0 amide bonds. The molecule has 0 fully saturated rings. The van der Waals surface area contributed by atoms with Gasteiger partial charge in [0.1, 0.15) is 5.00 Å². The summed E-state index contributed by atoms with van der Waals surface area (Å²) in [5.41, 5.74) is 5.50. The smallest absolute Gasteiger partial charge is 0.169 e. The van der Waals surface area contributed by atoms with Gasteiger partial charge in [-0.05, 0) is 28.9 Å². The first kappa shape index (κ1) is 7.75. The first-order valence-corrected chi connectivity index (χ1v) is 4.28. The van der Waals surface area contributed by atoms with Gasteiger partial charge >= 0.3 is 0 Å². The van der Waals surface area contributed by atoms with Gasteiger partial charge in [-0.1, -0.05) is 0 Å². The second-order valence-corrected chi connectivity index (χ2v) is 3.82. The van der Waals surface area contributed by atoms with Gasteiger partial charge < -0.3 is 5.73 Å². The number of Topliss-reactive ketones (excluding diaryl/α,β-unsaturated/α-hetero) is 1. The van der Waals surface area contributed by atoms with Crippen molar-refractivity contribution in [3.8, 4) is 0 Å². The van der Waals surface area contributed by atoms with Crippen molar-refractivity contribution in [3.05, 3.63) is 15.4 Å². The molecule has 0 aliphatic heterocycles. The van der Waals surface area contributed by atoms with Crippen LogP contribution in [0, 0.1) is 0 Å². The topological polar surface area (TPSA) is 43.1 Å². The Hall–Kier alpha value is -0.350. The molecule has 0 radical (unpaired) electrons. The predicted molar refractivity (Wildman–Crippen MR) is 46.4 cm³/mol. The van der Waals surface area contributed by atoms with Gasteiger partial charge in [0.2, 0.25) is 0 Å². The third-order valence-electron chi connectivity index (χ3n) is 1.06. The normalized spacial score (nSPS) is 9.80. The van der Waals surface area contributed by atoms with Crippen molar-refractivity contribution < 1.29 is 4.79 Å². The number of ketones is 1. The standard InChI is InChI=1S/C6H6BrNOS/c1-3(9)5-2-4(7)6(8)10-5/h2H,8H2,1H3. The fraction of sp³-hybridized carbons (Fsp3) is 0.167. The Balaban J connectivity index is 3.10. The highest BCUT2D eigenvalue weighted by Crippen LogP contribution is 2.29. The molecule has 0 saturated heterocycles. The van der Waals surface area contributed by atoms with E-state index in [0.717, 1.165) is 4.47 Å². The lowest BCUT2D eigenvalue weighted by Gasteiger charge is -1.81. The number of hydrogen-bond donors (Lipinski definition) is 1. The number of thiophene rings is 1. The van der Waals surface area contributed by atoms with E-state index >= 15 is 0 Å². The van der Waals surface area contributed by atoms with Crippen LogP contribution in [0.5, 0.6) is 0 Å². The van der Waals surface area contributed by atoms with Crippen molar-refractivity contribution in [1.82, 2.24) is 0 Å². The van der Waals surface area contributed by atoms with Crippen molar-refractivity contribution in [2.45, 2.75) is 6.92 Å². The SMILES string of the molecule is CC(=O)c1cc(Br)c(N)s1. The Bertz CT molecular complexity index is 249.